The molecule has 1 atom stereocenters. The number of benzene rings is 1. The lowest BCUT2D eigenvalue weighted by Crippen LogP contribution is -2.33. The number of rotatable bonds is 4. The minimum atomic E-state index is -0.333. The van der Waals surface area contributed by atoms with Crippen LogP contribution >= 0.6 is 0 Å². The summed E-state index contributed by atoms with van der Waals surface area (Å²) in [6.07, 6.45) is 1.84. The summed E-state index contributed by atoms with van der Waals surface area (Å²) in [6.45, 7) is 5.37. The molecular weight excluding hydrogens is 284 g/mol. The quantitative estimate of drug-likeness (QED) is 0.846. The van der Waals surface area contributed by atoms with Gasteiger partial charge in [0, 0.05) is 31.3 Å². The number of amides is 2. The van der Waals surface area contributed by atoms with E-state index in [9.17, 15) is 9.59 Å². The SMILES string of the molecule is C=CCNC(=O)[C@H]1CC(=O)N(c2ccc3c(c2)OCCO3)C1. The van der Waals surface area contributed by atoms with E-state index in [-0.39, 0.29) is 24.2 Å². The Morgan fingerprint density at radius 1 is 1.36 bits per heavy atom. The third-order valence-electron chi connectivity index (χ3n) is 3.75. The lowest BCUT2D eigenvalue weighted by atomic mass is 10.1. The lowest BCUT2D eigenvalue weighted by molar-refractivity contribution is -0.126. The Morgan fingerprint density at radius 3 is 2.91 bits per heavy atom. The highest BCUT2D eigenvalue weighted by molar-refractivity contribution is 6.00. The Kier molecular flexibility index (Phi) is 4.00. The van der Waals surface area contributed by atoms with Crippen molar-refractivity contribution in [3.8, 4) is 11.5 Å². The van der Waals surface area contributed by atoms with Crippen molar-refractivity contribution < 1.29 is 19.1 Å². The van der Waals surface area contributed by atoms with E-state index in [1.54, 1.807) is 23.1 Å². The highest BCUT2D eigenvalue weighted by atomic mass is 16.6. The molecule has 1 aromatic carbocycles. The molecule has 116 valence electrons. The number of nitrogens with zero attached hydrogens (tertiary/aromatic N) is 1. The van der Waals surface area contributed by atoms with Gasteiger partial charge in [-0.1, -0.05) is 6.08 Å². The van der Waals surface area contributed by atoms with E-state index in [2.05, 4.69) is 11.9 Å². The van der Waals surface area contributed by atoms with Crippen molar-refractivity contribution in [2.45, 2.75) is 6.42 Å². The standard InChI is InChI=1S/C16H18N2O4/c1-2-5-17-16(20)11-8-15(19)18(10-11)12-3-4-13-14(9-12)22-7-6-21-13/h2-4,9,11H,1,5-8,10H2,(H,17,20)/t11-/m0/s1. The fourth-order valence-electron chi connectivity index (χ4n) is 2.65. The Labute approximate surface area is 128 Å². The monoisotopic (exact) mass is 302 g/mol. The van der Waals surface area contributed by atoms with Gasteiger partial charge in [0.15, 0.2) is 11.5 Å². The van der Waals surface area contributed by atoms with Crippen LogP contribution in [0.3, 0.4) is 0 Å². The summed E-state index contributed by atoms with van der Waals surface area (Å²) in [4.78, 5) is 25.8. The fraction of sp³-hybridized carbons (Fsp3) is 0.375. The minimum Gasteiger partial charge on any atom is -0.486 e. The normalized spacial score (nSPS) is 19.9. The van der Waals surface area contributed by atoms with Crippen molar-refractivity contribution in [3.05, 3.63) is 30.9 Å². The Hall–Kier alpha value is -2.50. The Balaban J connectivity index is 1.73. The molecule has 0 spiro atoms. The largest absolute Gasteiger partial charge is 0.486 e. The van der Waals surface area contributed by atoms with Crippen LogP contribution < -0.4 is 19.7 Å². The van der Waals surface area contributed by atoms with E-state index in [0.29, 0.717) is 37.8 Å². The summed E-state index contributed by atoms with van der Waals surface area (Å²) in [7, 11) is 0. The molecule has 1 fully saturated rings. The van der Waals surface area contributed by atoms with Crippen molar-refractivity contribution in [2.75, 3.05) is 31.2 Å². The first-order valence-corrected chi connectivity index (χ1v) is 7.27. The van der Waals surface area contributed by atoms with Crippen LogP contribution in [0.25, 0.3) is 0 Å². The van der Waals surface area contributed by atoms with Gasteiger partial charge >= 0.3 is 0 Å². The number of hydrogen-bond donors (Lipinski definition) is 1. The number of nitrogens with one attached hydrogen (secondary N) is 1. The van der Waals surface area contributed by atoms with E-state index in [0.717, 1.165) is 5.69 Å². The second kappa shape index (κ2) is 6.09. The molecule has 3 rings (SSSR count). The maximum absolute atomic E-state index is 12.2. The van der Waals surface area contributed by atoms with Crippen LogP contribution in [0.1, 0.15) is 6.42 Å². The molecule has 2 amide bonds. The summed E-state index contributed by atoms with van der Waals surface area (Å²) in [5.41, 5.74) is 0.730. The molecule has 0 radical (unpaired) electrons. The molecule has 0 saturated carbocycles. The minimum absolute atomic E-state index is 0.0598. The average molecular weight is 302 g/mol. The van der Waals surface area contributed by atoms with Crippen LogP contribution in [0.2, 0.25) is 0 Å². The molecule has 1 N–H and O–H groups in total. The zero-order chi connectivity index (χ0) is 15.5. The molecular formula is C16H18N2O4. The molecule has 2 heterocycles. The van der Waals surface area contributed by atoms with Gasteiger partial charge in [-0.15, -0.1) is 6.58 Å². The van der Waals surface area contributed by atoms with Gasteiger partial charge in [0.05, 0.1) is 5.92 Å². The van der Waals surface area contributed by atoms with Crippen LogP contribution in [-0.2, 0) is 9.59 Å². The van der Waals surface area contributed by atoms with E-state index in [4.69, 9.17) is 9.47 Å². The summed E-state index contributed by atoms with van der Waals surface area (Å²) in [5.74, 6) is 0.808. The summed E-state index contributed by atoms with van der Waals surface area (Å²) in [6, 6.07) is 5.40. The van der Waals surface area contributed by atoms with Crippen molar-refractivity contribution in [3.63, 3.8) is 0 Å². The number of ether oxygens (including phenoxy) is 2. The fourth-order valence-corrected chi connectivity index (χ4v) is 2.65. The second-order valence-corrected chi connectivity index (χ2v) is 5.27. The molecule has 6 heteroatoms. The van der Waals surface area contributed by atoms with Crippen molar-refractivity contribution in [1.82, 2.24) is 5.32 Å². The van der Waals surface area contributed by atoms with E-state index >= 15 is 0 Å². The van der Waals surface area contributed by atoms with Crippen LogP contribution in [0.15, 0.2) is 30.9 Å². The molecule has 22 heavy (non-hydrogen) atoms. The van der Waals surface area contributed by atoms with Crippen LogP contribution in [-0.4, -0.2) is 38.1 Å². The predicted molar refractivity (Wildman–Crippen MR) is 81.1 cm³/mol. The number of carbonyl (C=O) groups is 2. The van der Waals surface area contributed by atoms with Gasteiger partial charge in [-0.2, -0.15) is 0 Å². The zero-order valence-corrected chi connectivity index (χ0v) is 12.2. The molecule has 0 unspecified atom stereocenters. The number of fused-ring (bicyclic) bond motifs is 1. The third-order valence-corrected chi connectivity index (χ3v) is 3.75. The van der Waals surface area contributed by atoms with Crippen molar-refractivity contribution in [2.24, 2.45) is 5.92 Å². The number of hydrogen-bond acceptors (Lipinski definition) is 4. The highest BCUT2D eigenvalue weighted by Crippen LogP contribution is 2.35. The first-order valence-electron chi connectivity index (χ1n) is 7.27. The van der Waals surface area contributed by atoms with Gasteiger partial charge < -0.3 is 19.7 Å². The molecule has 0 aromatic heterocycles. The topological polar surface area (TPSA) is 67.9 Å². The predicted octanol–water partition coefficient (Wildman–Crippen LogP) is 1.11. The molecule has 2 aliphatic heterocycles. The van der Waals surface area contributed by atoms with Crippen LogP contribution in [0.5, 0.6) is 11.5 Å². The van der Waals surface area contributed by atoms with E-state index in [1.807, 2.05) is 6.07 Å². The van der Waals surface area contributed by atoms with Crippen LogP contribution in [0.4, 0.5) is 5.69 Å². The molecule has 6 nitrogen and oxygen atoms in total. The van der Waals surface area contributed by atoms with E-state index < -0.39 is 0 Å². The molecule has 0 aliphatic carbocycles. The van der Waals surface area contributed by atoms with Crippen molar-refractivity contribution in [1.29, 1.82) is 0 Å². The maximum Gasteiger partial charge on any atom is 0.227 e. The van der Waals surface area contributed by atoms with Gasteiger partial charge in [0.1, 0.15) is 13.2 Å². The Morgan fingerprint density at radius 2 is 2.14 bits per heavy atom. The zero-order valence-electron chi connectivity index (χ0n) is 12.2. The van der Waals surface area contributed by atoms with Gasteiger partial charge in [0.2, 0.25) is 11.8 Å². The molecule has 1 saturated heterocycles. The summed E-state index contributed by atoms with van der Waals surface area (Å²) in [5, 5.41) is 2.74. The highest BCUT2D eigenvalue weighted by Gasteiger charge is 2.35. The first-order chi connectivity index (χ1) is 10.7. The lowest BCUT2D eigenvalue weighted by Gasteiger charge is -2.22. The van der Waals surface area contributed by atoms with Gasteiger partial charge in [-0.3, -0.25) is 9.59 Å². The van der Waals surface area contributed by atoms with Crippen LogP contribution in [0, 0.1) is 5.92 Å². The van der Waals surface area contributed by atoms with Crippen molar-refractivity contribution >= 4 is 17.5 Å². The molecule has 0 bridgehead atoms. The summed E-state index contributed by atoms with van der Waals surface area (Å²) >= 11 is 0. The average Bonchev–Trinajstić information content (AvgIpc) is 2.94. The summed E-state index contributed by atoms with van der Waals surface area (Å²) < 4.78 is 11.0. The van der Waals surface area contributed by atoms with Gasteiger partial charge in [0.25, 0.3) is 0 Å². The Bertz CT molecular complexity index is 614. The number of carbonyl (C=O) groups excluding carboxylic acids is 2. The first kappa shape index (κ1) is 14.4. The third kappa shape index (κ3) is 2.77. The number of anilines is 1. The molecule has 1 aromatic rings. The van der Waals surface area contributed by atoms with Gasteiger partial charge in [-0.25, -0.2) is 0 Å². The molecule has 2 aliphatic rings. The smallest absolute Gasteiger partial charge is 0.227 e. The second-order valence-electron chi connectivity index (χ2n) is 5.27. The maximum atomic E-state index is 12.2. The van der Waals surface area contributed by atoms with E-state index in [1.165, 1.54) is 0 Å². The van der Waals surface area contributed by atoms with Gasteiger partial charge in [-0.05, 0) is 12.1 Å².